The highest BCUT2D eigenvalue weighted by atomic mass is 32.1. The third-order valence-electron chi connectivity index (χ3n) is 11.7. The van der Waals surface area contributed by atoms with Crippen molar-refractivity contribution in [2.45, 2.75) is 149 Å². The van der Waals surface area contributed by atoms with Gasteiger partial charge in [-0.2, -0.15) is 0 Å². The molecule has 3 aliphatic heterocycles. The Morgan fingerprint density at radius 1 is 0.929 bits per heavy atom. The van der Waals surface area contributed by atoms with E-state index in [4.69, 9.17) is 9.47 Å². The minimum absolute atomic E-state index is 0.0475. The molecule has 1 amide bonds. The lowest BCUT2D eigenvalue weighted by molar-refractivity contribution is -0.265. The zero-order valence-electron chi connectivity index (χ0n) is 33.9. The van der Waals surface area contributed by atoms with Crippen LogP contribution in [0.2, 0.25) is 0 Å². The summed E-state index contributed by atoms with van der Waals surface area (Å²) in [6.45, 7) is 11.1. The van der Waals surface area contributed by atoms with Crippen LogP contribution in [0.1, 0.15) is 109 Å². The molecule has 10 atom stereocenters. The van der Waals surface area contributed by atoms with E-state index in [-0.39, 0.29) is 62.4 Å². The fourth-order valence-corrected chi connectivity index (χ4v) is 8.75. The summed E-state index contributed by atoms with van der Waals surface area (Å²) in [6, 6.07) is 2.72. The third-order valence-corrected chi connectivity index (χ3v) is 12.8. The number of rotatable bonds is 4. The molecule has 0 aliphatic carbocycles. The van der Waals surface area contributed by atoms with Gasteiger partial charge in [0.1, 0.15) is 17.9 Å². The van der Waals surface area contributed by atoms with Crippen molar-refractivity contribution in [3.63, 3.8) is 0 Å². The molecule has 2 saturated heterocycles. The second-order valence-electron chi connectivity index (χ2n) is 16.4. The van der Waals surface area contributed by atoms with Crippen LogP contribution in [0.4, 0.5) is 0 Å². The lowest BCUT2D eigenvalue weighted by atomic mass is 9.85. The molecule has 1 aromatic rings. The summed E-state index contributed by atoms with van der Waals surface area (Å²) < 4.78 is 12.2. The zero-order valence-corrected chi connectivity index (χ0v) is 34.7. The van der Waals surface area contributed by atoms with E-state index < -0.39 is 59.8 Å². The van der Waals surface area contributed by atoms with E-state index in [1.165, 1.54) is 16.2 Å². The quantitative estimate of drug-likeness (QED) is 0.163. The molecule has 0 radical (unpaired) electrons. The van der Waals surface area contributed by atoms with E-state index in [2.05, 4.69) is 0 Å². The Hall–Kier alpha value is -3.26. The fourth-order valence-electron chi connectivity index (χ4n) is 7.73. The summed E-state index contributed by atoms with van der Waals surface area (Å²) in [6.07, 6.45) is 11.6. The van der Waals surface area contributed by atoms with Gasteiger partial charge in [-0.05, 0) is 93.9 Å². The summed E-state index contributed by atoms with van der Waals surface area (Å²) in [4.78, 5) is 58.2. The maximum atomic E-state index is 14.1. The van der Waals surface area contributed by atoms with E-state index in [1.54, 1.807) is 39.0 Å². The highest BCUT2D eigenvalue weighted by Crippen LogP contribution is 2.36. The number of amides is 1. The second kappa shape index (κ2) is 20.9. The van der Waals surface area contributed by atoms with E-state index in [1.807, 2.05) is 51.1 Å². The van der Waals surface area contributed by atoms with Crippen molar-refractivity contribution in [1.82, 2.24) is 4.90 Å². The van der Waals surface area contributed by atoms with Crippen LogP contribution in [-0.2, 0) is 41.7 Å². The van der Waals surface area contributed by atoms with E-state index >= 15 is 0 Å². The number of aliphatic hydroxyl groups is 4. The van der Waals surface area contributed by atoms with Gasteiger partial charge in [0.15, 0.2) is 0 Å². The van der Waals surface area contributed by atoms with Crippen LogP contribution in [-0.4, -0.2) is 91.6 Å². The number of piperidine rings is 1. The van der Waals surface area contributed by atoms with Crippen LogP contribution < -0.4 is 0 Å². The molecule has 11 nitrogen and oxygen atoms in total. The van der Waals surface area contributed by atoms with E-state index in [0.29, 0.717) is 49.7 Å². The Balaban J connectivity index is 1.65. The van der Waals surface area contributed by atoms with E-state index in [0.717, 1.165) is 9.75 Å². The molecule has 4 rings (SSSR count). The van der Waals surface area contributed by atoms with Crippen LogP contribution in [0.3, 0.4) is 0 Å². The van der Waals surface area contributed by atoms with Crippen molar-refractivity contribution in [3.05, 3.63) is 69.5 Å². The van der Waals surface area contributed by atoms with Crippen molar-refractivity contribution in [3.8, 4) is 0 Å². The number of aliphatic hydroxyl groups excluding tert-OH is 3. The van der Waals surface area contributed by atoms with Gasteiger partial charge in [-0.3, -0.25) is 14.4 Å². The highest BCUT2D eigenvalue weighted by molar-refractivity contribution is 7.11. The van der Waals surface area contributed by atoms with Crippen molar-refractivity contribution in [2.75, 3.05) is 6.54 Å². The number of nitrogens with zero attached hydrogens (tertiary/aromatic N) is 1. The highest BCUT2D eigenvalue weighted by Gasteiger charge is 2.53. The third kappa shape index (κ3) is 12.1. The van der Waals surface area contributed by atoms with Crippen LogP contribution in [0.25, 0.3) is 0 Å². The number of ketones is 2. The zero-order chi connectivity index (χ0) is 41.2. The number of thiophene rings is 1. The van der Waals surface area contributed by atoms with Gasteiger partial charge in [-0.25, -0.2) is 4.79 Å². The van der Waals surface area contributed by atoms with Gasteiger partial charge in [0, 0.05) is 47.4 Å². The standard InChI is InChI=1S/C44H63NO10S/c1-27-12-8-7-9-13-28(2)37(47)24-33-17-16-32(6)44(53,55-33)41(50)42(51)45-21-11-10-14-36(45)43(52)54-40(31(5)23-34-18-19-35(26-46)56-34)20-15-29(3)38(48)25-39(49)30(4)22-27/h7-9,12-13,15,18-19,27,30-33,36-38,40,46-48,53H,10-11,14,16-17,20-26H2,1-6H3/b9-7+,12-8+,28-13+,29-15+/t27-,30-,31-,32-,33+,36+,37+,38+,40?,44-/m1/s1. The van der Waals surface area contributed by atoms with Crippen LogP contribution >= 0.6 is 11.3 Å². The van der Waals surface area contributed by atoms with Gasteiger partial charge in [-0.1, -0.05) is 64.2 Å². The number of cyclic esters (lactones) is 1. The molecule has 0 spiro atoms. The Morgan fingerprint density at radius 2 is 1.66 bits per heavy atom. The maximum Gasteiger partial charge on any atom is 0.329 e. The maximum absolute atomic E-state index is 14.1. The largest absolute Gasteiger partial charge is 0.460 e. The van der Waals surface area contributed by atoms with Crippen LogP contribution in [0.5, 0.6) is 0 Å². The molecule has 1 aromatic heterocycles. The van der Waals surface area contributed by atoms with Gasteiger partial charge < -0.3 is 34.8 Å². The minimum Gasteiger partial charge on any atom is -0.460 e. The Morgan fingerprint density at radius 3 is 2.38 bits per heavy atom. The van der Waals surface area contributed by atoms with Crippen molar-refractivity contribution < 1.29 is 49.1 Å². The summed E-state index contributed by atoms with van der Waals surface area (Å²) in [5, 5.41) is 43.4. The molecule has 4 N–H and O–H groups in total. The molecule has 56 heavy (non-hydrogen) atoms. The molecule has 3 aliphatic rings. The Bertz CT molecular complexity index is 1640. The Labute approximate surface area is 336 Å². The number of carbonyl (C=O) groups excluding carboxylic acids is 4. The van der Waals surface area contributed by atoms with E-state index in [9.17, 15) is 39.6 Å². The topological polar surface area (TPSA) is 171 Å². The van der Waals surface area contributed by atoms with Crippen molar-refractivity contribution in [2.24, 2.45) is 23.7 Å². The number of hydrogen-bond donors (Lipinski definition) is 4. The monoisotopic (exact) mass is 797 g/mol. The number of fused-ring (bicyclic) bond motifs is 3. The summed E-state index contributed by atoms with van der Waals surface area (Å²) in [5.74, 6) is -6.40. The molecule has 4 heterocycles. The number of esters is 1. The van der Waals surface area contributed by atoms with Gasteiger partial charge in [0.05, 0.1) is 24.9 Å². The SMILES string of the molecule is C/C1=C\CC([C@H](C)Cc2ccc(CO)s2)OC(=O)[C@@H]2CCCCN2C(=O)C(=O)[C@]2(O)O[C@@H](CC[C@H]2C)C[C@H](O)/C(C)=C/C=C/C=C/[C@@H](C)C[C@@H](C)C(=O)C[C@@H]1O. The smallest absolute Gasteiger partial charge is 0.329 e. The van der Waals surface area contributed by atoms with Crippen molar-refractivity contribution in [1.29, 1.82) is 0 Å². The molecule has 0 saturated carbocycles. The minimum atomic E-state index is -2.43. The Kier molecular flexibility index (Phi) is 17.0. The lowest BCUT2D eigenvalue weighted by Gasteiger charge is -2.42. The lowest BCUT2D eigenvalue weighted by Crippen LogP contribution is -2.60. The van der Waals surface area contributed by atoms with Crippen LogP contribution in [0, 0.1) is 23.7 Å². The van der Waals surface area contributed by atoms with Gasteiger partial charge >= 0.3 is 5.97 Å². The second-order valence-corrected chi connectivity index (χ2v) is 17.6. The molecule has 0 aromatic carbocycles. The normalized spacial score (nSPS) is 36.2. The average Bonchev–Trinajstić information content (AvgIpc) is 3.63. The predicted molar refractivity (Wildman–Crippen MR) is 215 cm³/mol. The molecule has 310 valence electrons. The number of allylic oxidation sites excluding steroid dienone is 5. The first-order valence-electron chi connectivity index (χ1n) is 20.3. The first-order valence-corrected chi connectivity index (χ1v) is 21.1. The van der Waals surface area contributed by atoms with Crippen LogP contribution in [0.15, 0.2) is 59.7 Å². The number of carbonyl (C=O) groups is 4. The summed E-state index contributed by atoms with van der Waals surface area (Å²) in [7, 11) is 0. The summed E-state index contributed by atoms with van der Waals surface area (Å²) in [5.41, 5.74) is 1.23. The van der Waals surface area contributed by atoms with Gasteiger partial charge in [0.2, 0.25) is 5.79 Å². The van der Waals surface area contributed by atoms with Gasteiger partial charge in [0.25, 0.3) is 11.7 Å². The average molecular weight is 798 g/mol. The molecular weight excluding hydrogens is 735 g/mol. The summed E-state index contributed by atoms with van der Waals surface area (Å²) >= 11 is 1.47. The molecular formula is C44H63NO10S. The molecule has 2 bridgehead atoms. The first kappa shape index (κ1) is 45.4. The predicted octanol–water partition coefficient (Wildman–Crippen LogP) is 5.93. The fraction of sp³-hybridized carbons (Fsp3) is 0.636. The first-order chi connectivity index (χ1) is 26.5. The molecule has 12 heteroatoms. The number of ether oxygens (including phenoxy) is 2. The number of Topliss-reactive ketones (excluding diaryl/α,β-unsaturated/α-hetero) is 2. The van der Waals surface area contributed by atoms with Crippen molar-refractivity contribution >= 4 is 34.8 Å². The molecule has 1 unspecified atom stereocenters. The van der Waals surface area contributed by atoms with Gasteiger partial charge in [-0.15, -0.1) is 11.3 Å². The molecule has 2 fully saturated rings. The number of hydrogen-bond acceptors (Lipinski definition) is 11.